The molecule has 130 valence electrons. The average Bonchev–Trinajstić information content (AvgIpc) is 2.62. The van der Waals surface area contributed by atoms with Crippen molar-refractivity contribution in [1.29, 1.82) is 0 Å². The van der Waals surface area contributed by atoms with Gasteiger partial charge in [0.2, 0.25) is 0 Å². The molecule has 0 fully saturated rings. The van der Waals surface area contributed by atoms with Gasteiger partial charge in [0.25, 0.3) is 0 Å². The molecule has 7 heteroatoms. The van der Waals surface area contributed by atoms with Gasteiger partial charge in [-0.2, -0.15) is 5.10 Å². The Hall–Kier alpha value is -3.35. The van der Waals surface area contributed by atoms with Crippen LogP contribution in [-0.2, 0) is 9.59 Å². The maximum absolute atomic E-state index is 12.0. The molecule has 2 aromatic rings. The number of para-hydroxylation sites is 1. The lowest BCUT2D eigenvalue weighted by Crippen LogP contribution is -2.32. The van der Waals surface area contributed by atoms with E-state index in [1.54, 1.807) is 24.3 Å². The number of nitrogens with zero attached hydrogens (tertiary/aromatic N) is 1. The monoisotopic (exact) mass is 341 g/mol. The van der Waals surface area contributed by atoms with Crippen LogP contribution in [0.2, 0.25) is 0 Å². The number of hydrogen-bond donors (Lipinski definition) is 2. The minimum atomic E-state index is -0.894. The molecule has 2 N–H and O–H groups in total. The third kappa shape index (κ3) is 4.81. The van der Waals surface area contributed by atoms with Crippen LogP contribution in [0.25, 0.3) is 0 Å². The topological polar surface area (TPSA) is 89.0 Å². The lowest BCUT2D eigenvalue weighted by Gasteiger charge is -2.10. The summed E-state index contributed by atoms with van der Waals surface area (Å²) in [4.78, 5) is 23.8. The van der Waals surface area contributed by atoms with Crippen molar-refractivity contribution in [2.75, 3.05) is 19.5 Å². The van der Waals surface area contributed by atoms with Crippen LogP contribution >= 0.6 is 0 Å². The molecule has 0 aliphatic carbocycles. The molecular formula is C18H19N3O4. The van der Waals surface area contributed by atoms with Gasteiger partial charge < -0.3 is 14.8 Å². The Morgan fingerprint density at radius 1 is 1.00 bits per heavy atom. The number of anilines is 1. The van der Waals surface area contributed by atoms with Gasteiger partial charge in [-0.05, 0) is 36.8 Å². The van der Waals surface area contributed by atoms with E-state index < -0.39 is 11.8 Å². The van der Waals surface area contributed by atoms with E-state index in [4.69, 9.17) is 9.47 Å². The van der Waals surface area contributed by atoms with Gasteiger partial charge >= 0.3 is 11.8 Å². The summed E-state index contributed by atoms with van der Waals surface area (Å²) in [5, 5.41) is 6.28. The van der Waals surface area contributed by atoms with Crippen LogP contribution in [0, 0.1) is 6.92 Å². The molecule has 0 saturated heterocycles. The first kappa shape index (κ1) is 18.0. The zero-order valence-corrected chi connectivity index (χ0v) is 14.2. The van der Waals surface area contributed by atoms with Crippen LogP contribution in [0.5, 0.6) is 11.5 Å². The molecule has 2 rings (SSSR count). The zero-order chi connectivity index (χ0) is 18.2. The molecule has 2 amide bonds. The van der Waals surface area contributed by atoms with E-state index in [-0.39, 0.29) is 0 Å². The van der Waals surface area contributed by atoms with E-state index in [2.05, 4.69) is 15.8 Å². The summed E-state index contributed by atoms with van der Waals surface area (Å²) in [6, 6.07) is 12.4. The fourth-order valence-electron chi connectivity index (χ4n) is 2.08. The number of nitrogens with one attached hydrogen (secondary N) is 2. The highest BCUT2D eigenvalue weighted by Gasteiger charge is 2.15. The van der Waals surface area contributed by atoms with E-state index in [1.807, 2.05) is 25.1 Å². The molecule has 7 nitrogen and oxygen atoms in total. The number of rotatable bonds is 5. The number of hydrogen-bond acceptors (Lipinski definition) is 5. The summed E-state index contributed by atoms with van der Waals surface area (Å²) >= 11 is 0. The smallest absolute Gasteiger partial charge is 0.329 e. The predicted molar refractivity (Wildman–Crippen MR) is 95.1 cm³/mol. The first-order valence-electron chi connectivity index (χ1n) is 7.47. The third-order valence-electron chi connectivity index (χ3n) is 3.32. The van der Waals surface area contributed by atoms with E-state index in [1.165, 1.54) is 20.4 Å². The minimum Gasteiger partial charge on any atom is -0.496 e. The van der Waals surface area contributed by atoms with Gasteiger partial charge in [-0.15, -0.1) is 0 Å². The predicted octanol–water partition coefficient (Wildman–Crippen LogP) is 2.10. The van der Waals surface area contributed by atoms with Gasteiger partial charge in [-0.3, -0.25) is 9.59 Å². The van der Waals surface area contributed by atoms with E-state index in [9.17, 15) is 9.59 Å². The fraction of sp³-hybridized carbons (Fsp3) is 0.167. The molecule has 0 heterocycles. The van der Waals surface area contributed by atoms with Crippen LogP contribution in [-0.4, -0.2) is 32.2 Å². The minimum absolute atomic E-state index is 0.413. The number of methoxy groups -OCH3 is 2. The molecule has 2 aromatic carbocycles. The van der Waals surface area contributed by atoms with Crippen LogP contribution in [0.15, 0.2) is 47.6 Å². The van der Waals surface area contributed by atoms with Gasteiger partial charge in [-0.25, -0.2) is 5.43 Å². The Kier molecular flexibility index (Phi) is 6.11. The van der Waals surface area contributed by atoms with E-state index >= 15 is 0 Å². The fourth-order valence-corrected chi connectivity index (χ4v) is 2.08. The highest BCUT2D eigenvalue weighted by Crippen LogP contribution is 2.25. The summed E-state index contributed by atoms with van der Waals surface area (Å²) in [5.74, 6) is -0.672. The third-order valence-corrected chi connectivity index (χ3v) is 3.32. The number of amides is 2. The van der Waals surface area contributed by atoms with Gasteiger partial charge in [0, 0.05) is 5.56 Å². The Bertz CT molecular complexity index is 803. The average molecular weight is 341 g/mol. The molecule has 0 unspecified atom stereocenters. The molecule has 0 atom stereocenters. The highest BCUT2D eigenvalue weighted by molar-refractivity contribution is 6.39. The molecule has 0 aromatic heterocycles. The first-order valence-corrected chi connectivity index (χ1v) is 7.47. The molecule has 0 saturated carbocycles. The zero-order valence-electron chi connectivity index (χ0n) is 14.2. The number of ether oxygens (including phenoxy) is 2. The maximum Gasteiger partial charge on any atom is 0.329 e. The largest absolute Gasteiger partial charge is 0.496 e. The van der Waals surface area contributed by atoms with Crippen LogP contribution < -0.4 is 20.2 Å². The van der Waals surface area contributed by atoms with Crippen molar-refractivity contribution >= 4 is 23.7 Å². The van der Waals surface area contributed by atoms with Crippen LogP contribution in [0.3, 0.4) is 0 Å². The van der Waals surface area contributed by atoms with Crippen molar-refractivity contribution in [3.8, 4) is 11.5 Å². The second-order valence-corrected chi connectivity index (χ2v) is 5.10. The number of hydrazone groups is 1. The Morgan fingerprint density at radius 2 is 1.72 bits per heavy atom. The second kappa shape index (κ2) is 8.49. The second-order valence-electron chi connectivity index (χ2n) is 5.10. The lowest BCUT2D eigenvalue weighted by molar-refractivity contribution is -0.136. The quantitative estimate of drug-likeness (QED) is 0.495. The van der Waals surface area contributed by atoms with E-state index in [0.29, 0.717) is 22.7 Å². The first-order chi connectivity index (χ1) is 12.0. The number of carbonyl (C=O) groups is 2. The standard InChI is InChI=1S/C18H19N3O4/c1-12-8-9-16(25-3)14(10-12)20-17(22)18(23)21-19-11-13-6-4-5-7-15(13)24-2/h4-11H,1-3H3,(H,20,22)(H,21,23)/b19-11-. The van der Waals surface area contributed by atoms with Crippen LogP contribution in [0.4, 0.5) is 5.69 Å². The number of carbonyl (C=O) groups excluding carboxylic acids is 2. The van der Waals surface area contributed by atoms with Crippen molar-refractivity contribution in [1.82, 2.24) is 5.43 Å². The van der Waals surface area contributed by atoms with Crippen molar-refractivity contribution in [3.63, 3.8) is 0 Å². The number of benzene rings is 2. The molecule has 0 radical (unpaired) electrons. The molecule has 25 heavy (non-hydrogen) atoms. The van der Waals surface area contributed by atoms with Crippen LogP contribution in [0.1, 0.15) is 11.1 Å². The van der Waals surface area contributed by atoms with Gasteiger partial charge in [0.1, 0.15) is 11.5 Å². The Labute approximate surface area is 145 Å². The molecule has 0 bridgehead atoms. The molecule has 0 spiro atoms. The highest BCUT2D eigenvalue weighted by atomic mass is 16.5. The van der Waals surface area contributed by atoms with E-state index in [0.717, 1.165) is 5.56 Å². The summed E-state index contributed by atoms with van der Waals surface area (Å²) in [7, 11) is 3.02. The summed E-state index contributed by atoms with van der Waals surface area (Å²) in [6.45, 7) is 1.87. The summed E-state index contributed by atoms with van der Waals surface area (Å²) in [5.41, 5.74) is 4.18. The molecule has 0 aliphatic rings. The lowest BCUT2D eigenvalue weighted by atomic mass is 10.2. The van der Waals surface area contributed by atoms with Gasteiger partial charge in [0.15, 0.2) is 0 Å². The van der Waals surface area contributed by atoms with Crippen molar-refractivity contribution in [3.05, 3.63) is 53.6 Å². The Balaban J connectivity index is 2.00. The van der Waals surface area contributed by atoms with Crippen molar-refractivity contribution < 1.29 is 19.1 Å². The van der Waals surface area contributed by atoms with Gasteiger partial charge in [-0.1, -0.05) is 18.2 Å². The number of aryl methyl sites for hydroxylation is 1. The van der Waals surface area contributed by atoms with Crippen molar-refractivity contribution in [2.45, 2.75) is 6.92 Å². The Morgan fingerprint density at radius 3 is 2.44 bits per heavy atom. The summed E-state index contributed by atoms with van der Waals surface area (Å²) in [6.07, 6.45) is 1.40. The summed E-state index contributed by atoms with van der Waals surface area (Å²) < 4.78 is 10.3. The SMILES string of the molecule is COc1ccccc1/C=N\NC(=O)C(=O)Nc1cc(C)ccc1OC. The van der Waals surface area contributed by atoms with Gasteiger partial charge in [0.05, 0.1) is 26.1 Å². The maximum atomic E-state index is 12.0. The molecular weight excluding hydrogens is 322 g/mol. The van der Waals surface area contributed by atoms with Crippen molar-refractivity contribution in [2.24, 2.45) is 5.10 Å². The molecule has 0 aliphatic heterocycles. The normalized spacial score (nSPS) is 10.4.